The maximum atomic E-state index is 10.7. The van der Waals surface area contributed by atoms with Gasteiger partial charge in [0, 0.05) is 49.7 Å². The Morgan fingerprint density at radius 1 is 1.20 bits per heavy atom. The van der Waals surface area contributed by atoms with E-state index in [1.54, 1.807) is 6.20 Å². The first kappa shape index (κ1) is 16.8. The van der Waals surface area contributed by atoms with Crippen LogP contribution in [0.25, 0.3) is 5.69 Å². The molecule has 2 fully saturated rings. The van der Waals surface area contributed by atoms with Gasteiger partial charge < -0.3 is 14.6 Å². The van der Waals surface area contributed by atoms with Crippen molar-refractivity contribution in [2.45, 2.75) is 31.9 Å². The van der Waals surface area contributed by atoms with Crippen LogP contribution in [0.15, 0.2) is 43.0 Å². The maximum absolute atomic E-state index is 10.7. The fraction of sp³-hybridized carbons (Fsp3) is 0.550. The Hall–Kier alpha value is -1.69. The summed E-state index contributed by atoms with van der Waals surface area (Å²) < 4.78 is 2.02. The lowest BCUT2D eigenvalue weighted by Crippen LogP contribution is -2.58. The predicted octanol–water partition coefficient (Wildman–Crippen LogP) is 2.15. The highest BCUT2D eigenvalue weighted by Crippen LogP contribution is 2.38. The van der Waals surface area contributed by atoms with Gasteiger partial charge in [0.2, 0.25) is 0 Å². The van der Waals surface area contributed by atoms with Crippen LogP contribution in [0, 0.1) is 5.41 Å². The first-order valence-electron chi connectivity index (χ1n) is 9.31. The van der Waals surface area contributed by atoms with E-state index in [1.165, 1.54) is 12.0 Å². The molecule has 25 heavy (non-hydrogen) atoms. The van der Waals surface area contributed by atoms with Crippen LogP contribution < -0.4 is 0 Å². The molecule has 2 saturated heterocycles. The molecule has 2 aliphatic heterocycles. The third-order valence-electron chi connectivity index (χ3n) is 5.91. The first-order chi connectivity index (χ1) is 12.1. The Labute approximate surface area is 149 Å². The van der Waals surface area contributed by atoms with Crippen molar-refractivity contribution in [1.82, 2.24) is 19.4 Å². The lowest BCUT2D eigenvalue weighted by molar-refractivity contribution is -0.0807. The first-order valence-corrected chi connectivity index (χ1v) is 9.31. The summed E-state index contributed by atoms with van der Waals surface area (Å²) in [5.74, 6) is 0. The molecule has 2 aliphatic rings. The topological polar surface area (TPSA) is 44.5 Å². The van der Waals surface area contributed by atoms with Gasteiger partial charge >= 0.3 is 0 Å². The number of aliphatic hydroxyl groups excluding tert-OH is 1. The van der Waals surface area contributed by atoms with Gasteiger partial charge in [0.1, 0.15) is 0 Å². The number of hydrogen-bond acceptors (Lipinski definition) is 4. The van der Waals surface area contributed by atoms with Crippen LogP contribution in [-0.4, -0.2) is 63.8 Å². The zero-order chi connectivity index (χ0) is 17.3. The summed E-state index contributed by atoms with van der Waals surface area (Å²) >= 11 is 0. The van der Waals surface area contributed by atoms with Crippen molar-refractivity contribution in [3.63, 3.8) is 0 Å². The Morgan fingerprint density at radius 2 is 2.04 bits per heavy atom. The second-order valence-corrected chi connectivity index (χ2v) is 7.86. The van der Waals surface area contributed by atoms with Gasteiger partial charge in [0.25, 0.3) is 0 Å². The summed E-state index contributed by atoms with van der Waals surface area (Å²) in [4.78, 5) is 9.01. The van der Waals surface area contributed by atoms with Crippen molar-refractivity contribution in [2.24, 2.45) is 5.41 Å². The maximum Gasteiger partial charge on any atom is 0.0991 e. The summed E-state index contributed by atoms with van der Waals surface area (Å²) in [5, 5.41) is 10.7. The van der Waals surface area contributed by atoms with Crippen molar-refractivity contribution in [3.05, 3.63) is 48.5 Å². The van der Waals surface area contributed by atoms with Crippen LogP contribution in [-0.2, 0) is 6.54 Å². The molecule has 1 aromatic heterocycles. The normalized spacial score (nSPS) is 28.5. The molecular formula is C20H28N4O. The Kier molecular flexibility index (Phi) is 4.63. The number of piperidine rings is 2. The number of imidazole rings is 1. The number of hydrogen-bond donors (Lipinski definition) is 1. The molecule has 0 bridgehead atoms. The van der Waals surface area contributed by atoms with Crippen LogP contribution in [0.5, 0.6) is 0 Å². The molecule has 0 amide bonds. The fourth-order valence-electron chi connectivity index (χ4n) is 4.61. The van der Waals surface area contributed by atoms with Crippen LogP contribution in [0.3, 0.4) is 0 Å². The lowest BCUT2D eigenvalue weighted by Gasteiger charge is -2.50. The average Bonchev–Trinajstić information content (AvgIpc) is 3.14. The minimum Gasteiger partial charge on any atom is -0.392 e. The molecule has 2 aromatic rings. The summed E-state index contributed by atoms with van der Waals surface area (Å²) in [6, 6.07) is 8.72. The quantitative estimate of drug-likeness (QED) is 0.930. The van der Waals surface area contributed by atoms with Crippen molar-refractivity contribution in [1.29, 1.82) is 0 Å². The van der Waals surface area contributed by atoms with Gasteiger partial charge in [-0.1, -0.05) is 12.1 Å². The SMILES string of the molecule is CN1CC[C@H](O)[C@@]2(CCCN(Cc3ccc(-n4ccnc4)cc3)C2)C1. The van der Waals surface area contributed by atoms with Crippen LogP contribution in [0.4, 0.5) is 0 Å². The second-order valence-electron chi connectivity index (χ2n) is 7.86. The number of likely N-dealkylation sites (tertiary alicyclic amines) is 2. The highest BCUT2D eigenvalue weighted by atomic mass is 16.3. The van der Waals surface area contributed by atoms with Gasteiger partial charge in [-0.3, -0.25) is 4.90 Å². The molecule has 0 unspecified atom stereocenters. The monoisotopic (exact) mass is 340 g/mol. The molecule has 134 valence electrons. The Bertz CT molecular complexity index is 684. The van der Waals surface area contributed by atoms with E-state index in [0.717, 1.165) is 51.3 Å². The highest BCUT2D eigenvalue weighted by Gasteiger charge is 2.44. The average molecular weight is 340 g/mol. The minimum absolute atomic E-state index is 0.0575. The molecule has 0 radical (unpaired) electrons. The third kappa shape index (κ3) is 3.50. The van der Waals surface area contributed by atoms with E-state index in [1.807, 2.05) is 17.1 Å². The lowest BCUT2D eigenvalue weighted by atomic mass is 9.71. The largest absolute Gasteiger partial charge is 0.392 e. The van der Waals surface area contributed by atoms with E-state index in [4.69, 9.17) is 0 Å². The highest BCUT2D eigenvalue weighted by molar-refractivity contribution is 5.34. The zero-order valence-electron chi connectivity index (χ0n) is 15.0. The third-order valence-corrected chi connectivity index (χ3v) is 5.91. The van der Waals surface area contributed by atoms with Crippen molar-refractivity contribution in [2.75, 3.05) is 33.2 Å². The van der Waals surface area contributed by atoms with E-state index < -0.39 is 0 Å². The minimum atomic E-state index is -0.157. The van der Waals surface area contributed by atoms with Gasteiger partial charge in [-0.15, -0.1) is 0 Å². The summed E-state index contributed by atoms with van der Waals surface area (Å²) in [7, 11) is 2.18. The molecule has 5 heteroatoms. The predicted molar refractivity (Wildman–Crippen MR) is 98.6 cm³/mol. The van der Waals surface area contributed by atoms with Crippen LogP contribution in [0.2, 0.25) is 0 Å². The van der Waals surface area contributed by atoms with Gasteiger partial charge in [-0.25, -0.2) is 4.98 Å². The number of nitrogens with zero attached hydrogens (tertiary/aromatic N) is 4. The van der Waals surface area contributed by atoms with E-state index in [2.05, 4.69) is 46.1 Å². The van der Waals surface area contributed by atoms with E-state index >= 15 is 0 Å². The molecule has 2 atom stereocenters. The van der Waals surface area contributed by atoms with Crippen molar-refractivity contribution in [3.8, 4) is 5.69 Å². The number of benzene rings is 1. The number of aromatic nitrogens is 2. The molecule has 1 spiro atoms. The zero-order valence-corrected chi connectivity index (χ0v) is 15.0. The van der Waals surface area contributed by atoms with Gasteiger partial charge in [-0.05, 0) is 50.6 Å². The summed E-state index contributed by atoms with van der Waals surface area (Å²) in [6.07, 6.45) is 8.66. The molecule has 1 N–H and O–H groups in total. The molecular weight excluding hydrogens is 312 g/mol. The number of aliphatic hydroxyl groups is 1. The van der Waals surface area contributed by atoms with E-state index in [-0.39, 0.29) is 11.5 Å². The van der Waals surface area contributed by atoms with Crippen LogP contribution >= 0.6 is 0 Å². The standard InChI is InChI=1S/C20H28N4O/c1-22-11-7-19(25)20(14-22)8-2-10-23(15-20)13-17-3-5-18(6-4-17)24-12-9-21-16-24/h3-6,9,12,16,19,25H,2,7-8,10-11,13-15H2,1H3/t19-,20-/m0/s1. The summed E-state index contributed by atoms with van der Waals surface area (Å²) in [5.41, 5.74) is 2.53. The van der Waals surface area contributed by atoms with Gasteiger partial charge in [0.15, 0.2) is 0 Å². The van der Waals surface area contributed by atoms with Gasteiger partial charge in [0.05, 0.1) is 12.4 Å². The number of rotatable bonds is 3. The molecule has 4 rings (SSSR count). The molecule has 0 saturated carbocycles. The Balaban J connectivity index is 1.44. The van der Waals surface area contributed by atoms with Crippen LogP contribution in [0.1, 0.15) is 24.8 Å². The van der Waals surface area contributed by atoms with Crippen molar-refractivity contribution < 1.29 is 5.11 Å². The fourth-order valence-corrected chi connectivity index (χ4v) is 4.61. The van der Waals surface area contributed by atoms with E-state index in [0.29, 0.717) is 0 Å². The smallest absolute Gasteiger partial charge is 0.0991 e. The van der Waals surface area contributed by atoms with Crippen molar-refractivity contribution >= 4 is 0 Å². The second kappa shape index (κ2) is 6.90. The molecule has 3 heterocycles. The molecule has 5 nitrogen and oxygen atoms in total. The molecule has 0 aliphatic carbocycles. The molecule has 1 aromatic carbocycles. The summed E-state index contributed by atoms with van der Waals surface area (Å²) in [6.45, 7) is 5.12. The Morgan fingerprint density at radius 3 is 2.80 bits per heavy atom. The van der Waals surface area contributed by atoms with E-state index in [9.17, 15) is 5.11 Å². The van der Waals surface area contributed by atoms with Gasteiger partial charge in [-0.2, -0.15) is 0 Å².